The molecule has 0 aromatic heterocycles. The molecular weight excluding hydrogens is 161 g/mol. The molecule has 0 unspecified atom stereocenters. The zero-order chi connectivity index (χ0) is 9.07. The van der Waals surface area contributed by atoms with E-state index in [1.165, 1.54) is 13.8 Å². The number of carbonyl (C=O) groups is 1. The van der Waals surface area contributed by atoms with Crippen LogP contribution in [0.25, 0.3) is 0 Å². The topological polar surface area (TPSA) is 26.3 Å². The zero-order valence-corrected chi connectivity index (χ0v) is 6.23. The van der Waals surface area contributed by atoms with Gasteiger partial charge in [0.15, 0.2) is 6.61 Å². The maximum absolute atomic E-state index is 11.4. The zero-order valence-electron chi connectivity index (χ0n) is 6.23. The third-order valence-electron chi connectivity index (χ3n) is 0.849. The van der Waals surface area contributed by atoms with Gasteiger partial charge in [-0.2, -0.15) is 13.2 Å². The van der Waals surface area contributed by atoms with Crippen molar-refractivity contribution >= 4 is 5.97 Å². The first kappa shape index (κ1) is 10.3. The fraction of sp³-hybridized carbons (Fsp3) is 0.833. The van der Waals surface area contributed by atoms with E-state index < -0.39 is 24.7 Å². The minimum atomic E-state index is -4.43. The van der Waals surface area contributed by atoms with Crippen LogP contribution in [0.5, 0.6) is 0 Å². The summed E-state index contributed by atoms with van der Waals surface area (Å²) in [6.07, 6.45) is -4.43. The summed E-state index contributed by atoms with van der Waals surface area (Å²) in [6, 6.07) is 0. The molecule has 0 N–H and O–H groups in total. The second-order valence-electron chi connectivity index (χ2n) is 2.38. The number of hydrogen-bond acceptors (Lipinski definition) is 2. The first-order valence-corrected chi connectivity index (χ1v) is 3.06. The molecule has 0 aromatic rings. The number of hydrogen-bond donors (Lipinski definition) is 0. The molecule has 0 saturated heterocycles. The highest BCUT2D eigenvalue weighted by Gasteiger charge is 2.29. The minimum Gasteiger partial charge on any atom is -0.456 e. The maximum atomic E-state index is 11.4. The first-order chi connectivity index (χ1) is 4.83. The Morgan fingerprint density at radius 1 is 1.45 bits per heavy atom. The van der Waals surface area contributed by atoms with Gasteiger partial charge >= 0.3 is 12.1 Å². The summed E-state index contributed by atoms with van der Waals surface area (Å²) < 4.78 is 38.1. The van der Waals surface area contributed by atoms with E-state index in [-0.39, 0.29) is 0 Å². The van der Waals surface area contributed by atoms with Crippen molar-refractivity contribution in [1.29, 1.82) is 0 Å². The Balaban J connectivity index is 3.64. The molecule has 0 bridgehead atoms. The van der Waals surface area contributed by atoms with Crippen molar-refractivity contribution in [2.24, 2.45) is 5.92 Å². The Morgan fingerprint density at radius 3 is 2.18 bits per heavy atom. The molecule has 0 aromatic carbocycles. The normalized spacial score (nSPS) is 11.8. The highest BCUT2D eigenvalue weighted by atomic mass is 19.4. The van der Waals surface area contributed by atoms with Gasteiger partial charge in [-0.25, -0.2) is 0 Å². The van der Waals surface area contributed by atoms with Crippen molar-refractivity contribution in [2.75, 3.05) is 6.61 Å². The number of halogens is 3. The molecule has 0 saturated carbocycles. The van der Waals surface area contributed by atoms with Crippen LogP contribution in [0.1, 0.15) is 13.8 Å². The SMILES string of the molecule is CC(C)C(=O)OCC(F)(F)F. The molecule has 2 nitrogen and oxygen atoms in total. The lowest BCUT2D eigenvalue weighted by atomic mass is 10.2. The third-order valence-corrected chi connectivity index (χ3v) is 0.849. The molecule has 66 valence electrons. The molecule has 0 rings (SSSR count). The fourth-order valence-electron chi connectivity index (χ4n) is 0.320. The van der Waals surface area contributed by atoms with Gasteiger partial charge in [0.1, 0.15) is 0 Å². The number of rotatable bonds is 2. The number of alkyl halides is 3. The summed E-state index contributed by atoms with van der Waals surface area (Å²) in [7, 11) is 0. The summed E-state index contributed by atoms with van der Waals surface area (Å²) in [6.45, 7) is 1.45. The molecule has 0 heterocycles. The number of carbonyl (C=O) groups excluding carboxylic acids is 1. The molecule has 0 aliphatic rings. The van der Waals surface area contributed by atoms with Gasteiger partial charge in [0.05, 0.1) is 5.92 Å². The van der Waals surface area contributed by atoms with E-state index in [1.54, 1.807) is 0 Å². The van der Waals surface area contributed by atoms with E-state index in [9.17, 15) is 18.0 Å². The van der Waals surface area contributed by atoms with E-state index in [2.05, 4.69) is 4.74 Å². The quantitative estimate of drug-likeness (QED) is 0.590. The van der Waals surface area contributed by atoms with E-state index in [0.29, 0.717) is 0 Å². The maximum Gasteiger partial charge on any atom is 0.422 e. The molecule has 0 aliphatic heterocycles. The van der Waals surface area contributed by atoms with Crippen molar-refractivity contribution in [2.45, 2.75) is 20.0 Å². The lowest BCUT2D eigenvalue weighted by Gasteiger charge is -2.08. The first-order valence-electron chi connectivity index (χ1n) is 3.06. The van der Waals surface area contributed by atoms with E-state index in [4.69, 9.17) is 0 Å². The van der Waals surface area contributed by atoms with Gasteiger partial charge in [-0.3, -0.25) is 4.79 Å². The third kappa shape index (κ3) is 5.69. The van der Waals surface area contributed by atoms with E-state index in [0.717, 1.165) is 0 Å². The van der Waals surface area contributed by atoms with Crippen LogP contribution in [-0.4, -0.2) is 18.8 Å². The summed E-state index contributed by atoms with van der Waals surface area (Å²) >= 11 is 0. The van der Waals surface area contributed by atoms with Crippen molar-refractivity contribution in [1.82, 2.24) is 0 Å². The second kappa shape index (κ2) is 3.59. The predicted octanol–water partition coefficient (Wildman–Crippen LogP) is 1.75. The summed E-state index contributed by atoms with van der Waals surface area (Å²) in [5.74, 6) is -1.35. The van der Waals surface area contributed by atoms with Gasteiger partial charge in [-0.05, 0) is 0 Å². The highest BCUT2D eigenvalue weighted by Crippen LogP contribution is 2.15. The number of esters is 1. The van der Waals surface area contributed by atoms with Crippen LogP contribution in [0.4, 0.5) is 13.2 Å². The average Bonchev–Trinajstić information content (AvgIpc) is 1.80. The second-order valence-corrected chi connectivity index (χ2v) is 2.38. The Hall–Kier alpha value is -0.740. The molecule has 0 atom stereocenters. The van der Waals surface area contributed by atoms with E-state index in [1.807, 2.05) is 0 Å². The predicted molar refractivity (Wildman–Crippen MR) is 31.9 cm³/mol. The van der Waals surface area contributed by atoms with Crippen LogP contribution in [0, 0.1) is 5.92 Å². The van der Waals surface area contributed by atoms with Gasteiger partial charge in [0.25, 0.3) is 0 Å². The largest absolute Gasteiger partial charge is 0.456 e. The van der Waals surface area contributed by atoms with Gasteiger partial charge in [0, 0.05) is 0 Å². The van der Waals surface area contributed by atoms with Crippen molar-refractivity contribution < 1.29 is 22.7 Å². The highest BCUT2D eigenvalue weighted by molar-refractivity contribution is 5.71. The smallest absolute Gasteiger partial charge is 0.422 e. The standard InChI is InChI=1S/C6H9F3O2/c1-4(2)5(10)11-3-6(7,8)9/h4H,3H2,1-2H3. The molecular formula is C6H9F3O2. The molecule has 0 amide bonds. The van der Waals surface area contributed by atoms with Gasteiger partial charge in [-0.15, -0.1) is 0 Å². The van der Waals surface area contributed by atoms with Crippen LogP contribution in [0.15, 0.2) is 0 Å². The fourth-order valence-corrected chi connectivity index (χ4v) is 0.320. The number of ether oxygens (including phenoxy) is 1. The van der Waals surface area contributed by atoms with Crippen LogP contribution >= 0.6 is 0 Å². The lowest BCUT2D eigenvalue weighted by Crippen LogP contribution is -2.22. The molecule has 0 spiro atoms. The van der Waals surface area contributed by atoms with Gasteiger partial charge in [0.2, 0.25) is 0 Å². The Labute approximate surface area is 62.3 Å². The van der Waals surface area contributed by atoms with Crippen molar-refractivity contribution in [3.8, 4) is 0 Å². The van der Waals surface area contributed by atoms with Crippen LogP contribution < -0.4 is 0 Å². The minimum absolute atomic E-state index is 0.516. The van der Waals surface area contributed by atoms with Gasteiger partial charge < -0.3 is 4.74 Å². The molecule has 5 heteroatoms. The Bertz CT molecular complexity index is 139. The van der Waals surface area contributed by atoms with Crippen LogP contribution in [0.2, 0.25) is 0 Å². The van der Waals surface area contributed by atoms with Gasteiger partial charge in [-0.1, -0.05) is 13.8 Å². The van der Waals surface area contributed by atoms with Crippen LogP contribution in [-0.2, 0) is 9.53 Å². The molecule has 0 aliphatic carbocycles. The molecule has 11 heavy (non-hydrogen) atoms. The molecule has 0 fully saturated rings. The van der Waals surface area contributed by atoms with Crippen molar-refractivity contribution in [3.05, 3.63) is 0 Å². The van der Waals surface area contributed by atoms with Crippen molar-refractivity contribution in [3.63, 3.8) is 0 Å². The van der Waals surface area contributed by atoms with E-state index >= 15 is 0 Å². The summed E-state index contributed by atoms with van der Waals surface area (Å²) in [5, 5.41) is 0. The lowest BCUT2D eigenvalue weighted by molar-refractivity contribution is -0.188. The summed E-state index contributed by atoms with van der Waals surface area (Å²) in [4.78, 5) is 10.5. The monoisotopic (exact) mass is 170 g/mol. The summed E-state index contributed by atoms with van der Waals surface area (Å²) in [5.41, 5.74) is 0. The Morgan fingerprint density at radius 2 is 1.91 bits per heavy atom. The Kier molecular flexibility index (Phi) is 3.35. The molecule has 0 radical (unpaired) electrons. The average molecular weight is 170 g/mol. The van der Waals surface area contributed by atoms with Crippen LogP contribution in [0.3, 0.4) is 0 Å².